The number of nitro benzene ring substituents is 1. The second-order valence-corrected chi connectivity index (χ2v) is 5.37. The highest BCUT2D eigenvalue weighted by atomic mass is 16.6. The summed E-state index contributed by atoms with van der Waals surface area (Å²) >= 11 is 0. The minimum Gasteiger partial charge on any atom is -0.375 e. The lowest BCUT2D eigenvalue weighted by atomic mass is 9.64. The molecule has 2 rings (SSSR count). The standard InChI is InChI=1S/C16H15N3O3/c1-11-7-14(12-3-5-13(6-4-12)19(20)21)16(9-17,10-18)15(8-11)22-2/h3-6,8,14-15H,7H2,1-2H3/t14-,15+/m1/s1. The Morgan fingerprint density at radius 3 is 2.36 bits per heavy atom. The maximum Gasteiger partial charge on any atom is 0.269 e. The lowest BCUT2D eigenvalue weighted by molar-refractivity contribution is -0.384. The summed E-state index contributed by atoms with van der Waals surface area (Å²) < 4.78 is 5.34. The van der Waals surface area contributed by atoms with Gasteiger partial charge in [0.15, 0.2) is 5.41 Å². The van der Waals surface area contributed by atoms with Crippen LogP contribution in [-0.2, 0) is 4.74 Å². The third kappa shape index (κ3) is 2.45. The Kier molecular flexibility index (Phi) is 4.25. The molecular formula is C16H15N3O3. The zero-order valence-corrected chi connectivity index (χ0v) is 12.3. The van der Waals surface area contributed by atoms with E-state index in [1.807, 2.05) is 6.92 Å². The SMILES string of the molecule is CO[C@H]1C=C(C)C[C@H](c2ccc([N+](=O)[O-])cc2)C1(C#N)C#N. The molecule has 0 aromatic heterocycles. The smallest absolute Gasteiger partial charge is 0.269 e. The van der Waals surface area contributed by atoms with Crippen molar-refractivity contribution in [2.45, 2.75) is 25.4 Å². The molecule has 0 spiro atoms. The van der Waals surface area contributed by atoms with Crippen LogP contribution in [0.25, 0.3) is 0 Å². The summed E-state index contributed by atoms with van der Waals surface area (Å²) in [6.45, 7) is 1.92. The van der Waals surface area contributed by atoms with Crippen LogP contribution < -0.4 is 0 Å². The van der Waals surface area contributed by atoms with E-state index < -0.39 is 22.4 Å². The number of methoxy groups -OCH3 is 1. The molecule has 6 heteroatoms. The van der Waals surface area contributed by atoms with E-state index in [0.29, 0.717) is 6.42 Å². The van der Waals surface area contributed by atoms with Crippen molar-refractivity contribution in [3.8, 4) is 12.1 Å². The largest absolute Gasteiger partial charge is 0.375 e. The molecule has 2 atom stereocenters. The molecule has 6 nitrogen and oxygen atoms in total. The number of allylic oxidation sites excluding steroid dienone is 1. The zero-order valence-electron chi connectivity index (χ0n) is 12.3. The minimum absolute atomic E-state index is 0.0189. The quantitative estimate of drug-likeness (QED) is 0.485. The van der Waals surface area contributed by atoms with E-state index >= 15 is 0 Å². The van der Waals surface area contributed by atoms with Gasteiger partial charge < -0.3 is 4.74 Å². The average Bonchev–Trinajstić information content (AvgIpc) is 2.54. The summed E-state index contributed by atoms with van der Waals surface area (Å²) in [6.07, 6.45) is 1.71. The van der Waals surface area contributed by atoms with Crippen molar-refractivity contribution in [1.82, 2.24) is 0 Å². The predicted molar refractivity (Wildman–Crippen MR) is 78.7 cm³/mol. The second kappa shape index (κ2) is 5.97. The van der Waals surface area contributed by atoms with Crippen LogP contribution in [0.5, 0.6) is 0 Å². The van der Waals surface area contributed by atoms with Gasteiger partial charge in [0.2, 0.25) is 0 Å². The summed E-state index contributed by atoms with van der Waals surface area (Å²) in [5, 5.41) is 30.0. The van der Waals surface area contributed by atoms with E-state index in [1.54, 1.807) is 18.2 Å². The summed E-state index contributed by atoms with van der Waals surface area (Å²) in [5.74, 6) is -0.391. The normalized spacial score (nSPS) is 23.0. The number of non-ortho nitro benzene ring substituents is 1. The molecule has 0 saturated carbocycles. The Bertz CT molecular complexity index is 681. The number of hydrogen-bond donors (Lipinski definition) is 0. The van der Waals surface area contributed by atoms with Gasteiger partial charge in [0, 0.05) is 25.2 Å². The molecule has 1 aromatic carbocycles. The van der Waals surface area contributed by atoms with Gasteiger partial charge in [-0.3, -0.25) is 10.1 Å². The van der Waals surface area contributed by atoms with Gasteiger partial charge in [0.05, 0.1) is 17.1 Å². The third-order valence-electron chi connectivity index (χ3n) is 4.09. The Balaban J connectivity index is 2.52. The first-order chi connectivity index (χ1) is 10.5. The first-order valence-corrected chi connectivity index (χ1v) is 6.75. The number of hydrogen-bond acceptors (Lipinski definition) is 5. The minimum atomic E-state index is -1.34. The molecule has 0 aliphatic heterocycles. The lowest BCUT2D eigenvalue weighted by Gasteiger charge is -2.38. The van der Waals surface area contributed by atoms with Crippen LogP contribution in [0.4, 0.5) is 5.69 Å². The Morgan fingerprint density at radius 2 is 1.91 bits per heavy atom. The molecule has 1 aromatic rings. The van der Waals surface area contributed by atoms with Crippen LogP contribution in [0.3, 0.4) is 0 Å². The summed E-state index contributed by atoms with van der Waals surface area (Å²) in [5.41, 5.74) is 0.388. The molecule has 0 bridgehead atoms. The molecule has 112 valence electrons. The van der Waals surface area contributed by atoms with Gasteiger partial charge >= 0.3 is 0 Å². The van der Waals surface area contributed by atoms with Crippen molar-refractivity contribution in [3.05, 3.63) is 51.6 Å². The Labute approximate surface area is 128 Å². The first-order valence-electron chi connectivity index (χ1n) is 6.75. The Hall–Kier alpha value is -2.70. The fraction of sp³-hybridized carbons (Fsp3) is 0.375. The predicted octanol–water partition coefficient (Wildman–Crippen LogP) is 3.08. The zero-order chi connectivity index (χ0) is 16.3. The van der Waals surface area contributed by atoms with E-state index in [9.17, 15) is 20.6 Å². The third-order valence-corrected chi connectivity index (χ3v) is 4.09. The highest BCUT2D eigenvalue weighted by Gasteiger charge is 2.49. The molecule has 1 aliphatic rings. The van der Waals surface area contributed by atoms with Crippen LogP contribution in [-0.4, -0.2) is 18.1 Å². The Morgan fingerprint density at radius 1 is 1.32 bits per heavy atom. The fourth-order valence-electron chi connectivity index (χ4n) is 2.91. The molecule has 0 unspecified atom stereocenters. The van der Waals surface area contributed by atoms with Crippen molar-refractivity contribution in [2.24, 2.45) is 5.41 Å². The molecule has 0 N–H and O–H groups in total. The van der Waals surface area contributed by atoms with Crippen LogP contribution in [0.1, 0.15) is 24.8 Å². The summed E-state index contributed by atoms with van der Waals surface area (Å²) in [7, 11) is 1.47. The summed E-state index contributed by atoms with van der Waals surface area (Å²) in [4.78, 5) is 10.3. The fourth-order valence-corrected chi connectivity index (χ4v) is 2.91. The van der Waals surface area contributed by atoms with Crippen molar-refractivity contribution in [2.75, 3.05) is 7.11 Å². The number of nitriles is 2. The number of nitro groups is 1. The van der Waals surface area contributed by atoms with Crippen LogP contribution >= 0.6 is 0 Å². The monoisotopic (exact) mass is 297 g/mol. The van der Waals surface area contributed by atoms with Gasteiger partial charge in [-0.15, -0.1) is 0 Å². The van der Waals surface area contributed by atoms with Crippen molar-refractivity contribution in [3.63, 3.8) is 0 Å². The average molecular weight is 297 g/mol. The van der Waals surface area contributed by atoms with Gasteiger partial charge in [0.25, 0.3) is 5.69 Å². The lowest BCUT2D eigenvalue weighted by Crippen LogP contribution is -2.41. The maximum absolute atomic E-state index is 10.8. The number of nitrogens with zero attached hydrogens (tertiary/aromatic N) is 3. The van der Waals surface area contributed by atoms with E-state index in [1.165, 1.54) is 19.2 Å². The van der Waals surface area contributed by atoms with E-state index in [0.717, 1.165) is 11.1 Å². The van der Waals surface area contributed by atoms with Gasteiger partial charge in [-0.1, -0.05) is 23.8 Å². The van der Waals surface area contributed by atoms with E-state index in [-0.39, 0.29) is 5.69 Å². The second-order valence-electron chi connectivity index (χ2n) is 5.37. The molecule has 0 fully saturated rings. The van der Waals surface area contributed by atoms with Crippen LogP contribution in [0.15, 0.2) is 35.9 Å². The molecule has 1 aliphatic carbocycles. The summed E-state index contributed by atoms with van der Waals surface area (Å²) in [6, 6.07) is 10.2. The first kappa shape index (κ1) is 15.7. The number of ether oxygens (including phenoxy) is 1. The number of benzene rings is 1. The molecule has 0 radical (unpaired) electrons. The van der Waals surface area contributed by atoms with E-state index in [2.05, 4.69) is 12.1 Å². The van der Waals surface area contributed by atoms with Crippen LogP contribution in [0, 0.1) is 38.2 Å². The molecule has 0 heterocycles. The highest BCUT2D eigenvalue weighted by molar-refractivity contribution is 5.42. The highest BCUT2D eigenvalue weighted by Crippen LogP contribution is 2.47. The maximum atomic E-state index is 10.8. The van der Waals surface area contributed by atoms with Crippen LogP contribution in [0.2, 0.25) is 0 Å². The van der Waals surface area contributed by atoms with E-state index in [4.69, 9.17) is 4.74 Å². The van der Waals surface area contributed by atoms with Crippen molar-refractivity contribution < 1.29 is 9.66 Å². The molecular weight excluding hydrogens is 282 g/mol. The van der Waals surface area contributed by atoms with Gasteiger partial charge in [-0.25, -0.2) is 0 Å². The van der Waals surface area contributed by atoms with Gasteiger partial charge in [0.1, 0.15) is 6.10 Å². The molecule has 0 amide bonds. The van der Waals surface area contributed by atoms with Crippen molar-refractivity contribution >= 4 is 5.69 Å². The number of rotatable bonds is 3. The topological polar surface area (TPSA) is 99.9 Å². The van der Waals surface area contributed by atoms with Gasteiger partial charge in [-0.05, 0) is 18.9 Å². The molecule has 0 saturated heterocycles. The molecule has 22 heavy (non-hydrogen) atoms. The van der Waals surface area contributed by atoms with Gasteiger partial charge in [-0.2, -0.15) is 10.5 Å². The van der Waals surface area contributed by atoms with Crippen molar-refractivity contribution in [1.29, 1.82) is 10.5 Å².